The van der Waals surface area contributed by atoms with Gasteiger partial charge in [0.2, 0.25) is 0 Å². The SMILES string of the molecule is O=C(O)CCCc1cn(CC(=O)O)c2c(C=Cc3ccc(OCCCCc4cccc(F)c4F)cc3)cc(Cl)cc12. The van der Waals surface area contributed by atoms with Crippen LogP contribution in [0.1, 0.15) is 47.9 Å². The summed E-state index contributed by atoms with van der Waals surface area (Å²) in [5.74, 6) is -2.80. The number of hydrogen-bond acceptors (Lipinski definition) is 3. The van der Waals surface area contributed by atoms with E-state index in [1.807, 2.05) is 36.4 Å². The van der Waals surface area contributed by atoms with Crippen LogP contribution < -0.4 is 4.74 Å². The highest BCUT2D eigenvalue weighted by atomic mass is 35.5. The smallest absolute Gasteiger partial charge is 0.323 e. The van der Waals surface area contributed by atoms with Crippen LogP contribution in [0.5, 0.6) is 5.75 Å². The minimum Gasteiger partial charge on any atom is -0.494 e. The molecule has 0 saturated carbocycles. The van der Waals surface area contributed by atoms with E-state index in [1.54, 1.807) is 29.0 Å². The molecule has 0 bridgehead atoms. The number of halogens is 3. The summed E-state index contributed by atoms with van der Waals surface area (Å²) in [4.78, 5) is 22.5. The molecule has 0 aliphatic heterocycles. The summed E-state index contributed by atoms with van der Waals surface area (Å²) in [5, 5.41) is 19.7. The maximum Gasteiger partial charge on any atom is 0.323 e. The van der Waals surface area contributed by atoms with Crippen molar-refractivity contribution in [2.45, 2.75) is 45.1 Å². The van der Waals surface area contributed by atoms with Gasteiger partial charge in [0.05, 0.1) is 12.1 Å². The van der Waals surface area contributed by atoms with Gasteiger partial charge >= 0.3 is 11.9 Å². The van der Waals surface area contributed by atoms with E-state index in [0.717, 1.165) is 33.7 Å². The zero-order valence-electron chi connectivity index (χ0n) is 22.3. The van der Waals surface area contributed by atoms with Crippen LogP contribution in [0.25, 0.3) is 23.1 Å². The maximum atomic E-state index is 13.8. The molecular formula is C32H30ClF2NO5. The van der Waals surface area contributed by atoms with Crippen LogP contribution in [0, 0.1) is 11.6 Å². The summed E-state index contributed by atoms with van der Waals surface area (Å²) >= 11 is 6.41. The van der Waals surface area contributed by atoms with Crippen LogP contribution in [0.4, 0.5) is 8.78 Å². The molecule has 1 aromatic heterocycles. The molecule has 4 aromatic rings. The fraction of sp³-hybridized carbons (Fsp3) is 0.250. The van der Waals surface area contributed by atoms with E-state index in [4.69, 9.17) is 21.4 Å². The first-order valence-electron chi connectivity index (χ1n) is 13.3. The minimum absolute atomic E-state index is 0.0214. The van der Waals surface area contributed by atoms with E-state index in [-0.39, 0.29) is 13.0 Å². The number of benzene rings is 3. The van der Waals surface area contributed by atoms with Gasteiger partial charge in [0, 0.05) is 28.6 Å². The van der Waals surface area contributed by atoms with Gasteiger partial charge in [-0.1, -0.05) is 48.0 Å². The van der Waals surface area contributed by atoms with Gasteiger partial charge in [-0.25, -0.2) is 8.78 Å². The third-order valence-electron chi connectivity index (χ3n) is 6.67. The van der Waals surface area contributed by atoms with E-state index in [2.05, 4.69) is 0 Å². The number of hydrogen-bond donors (Lipinski definition) is 2. The van der Waals surface area contributed by atoms with Crippen LogP contribution in [-0.4, -0.2) is 33.3 Å². The van der Waals surface area contributed by atoms with Gasteiger partial charge in [-0.05, 0) is 79.1 Å². The monoisotopic (exact) mass is 581 g/mol. The number of aromatic nitrogens is 1. The lowest BCUT2D eigenvalue weighted by Crippen LogP contribution is -2.08. The van der Waals surface area contributed by atoms with Crippen molar-refractivity contribution in [2.75, 3.05) is 6.61 Å². The Morgan fingerprint density at radius 2 is 1.66 bits per heavy atom. The van der Waals surface area contributed by atoms with Crippen LogP contribution in [0.2, 0.25) is 5.02 Å². The van der Waals surface area contributed by atoms with Crippen molar-refractivity contribution in [3.8, 4) is 5.75 Å². The Labute approximate surface area is 241 Å². The van der Waals surface area contributed by atoms with E-state index in [9.17, 15) is 23.5 Å². The number of aryl methyl sites for hydroxylation is 2. The second-order valence-corrected chi connectivity index (χ2v) is 10.2. The lowest BCUT2D eigenvalue weighted by atomic mass is 10.0. The summed E-state index contributed by atoms with van der Waals surface area (Å²) in [6, 6.07) is 15.2. The number of ether oxygens (including phenoxy) is 1. The number of carboxylic acid groups (broad SMARTS) is 2. The molecule has 2 N–H and O–H groups in total. The molecule has 0 fully saturated rings. The molecule has 3 aromatic carbocycles. The van der Waals surface area contributed by atoms with Crippen molar-refractivity contribution in [2.24, 2.45) is 0 Å². The Balaban J connectivity index is 1.41. The second-order valence-electron chi connectivity index (χ2n) is 9.74. The number of aliphatic carboxylic acids is 2. The zero-order chi connectivity index (χ0) is 29.4. The van der Waals surface area contributed by atoms with Crippen molar-refractivity contribution in [3.63, 3.8) is 0 Å². The number of fused-ring (bicyclic) bond motifs is 1. The first-order chi connectivity index (χ1) is 19.7. The normalized spacial score (nSPS) is 11.4. The van der Waals surface area contributed by atoms with Crippen LogP contribution in [0.15, 0.2) is 60.8 Å². The Hall–Kier alpha value is -4.17. The summed E-state index contributed by atoms with van der Waals surface area (Å²) in [5.41, 5.74) is 3.57. The predicted octanol–water partition coefficient (Wildman–Crippen LogP) is 7.64. The zero-order valence-corrected chi connectivity index (χ0v) is 23.0. The molecule has 0 unspecified atom stereocenters. The Bertz CT molecular complexity index is 1560. The van der Waals surface area contributed by atoms with Gasteiger partial charge in [0.25, 0.3) is 0 Å². The van der Waals surface area contributed by atoms with Crippen molar-refractivity contribution in [1.29, 1.82) is 0 Å². The number of nitrogens with zero attached hydrogens (tertiary/aromatic N) is 1. The Morgan fingerprint density at radius 3 is 2.39 bits per heavy atom. The van der Waals surface area contributed by atoms with Crippen LogP contribution in [0.3, 0.4) is 0 Å². The number of unbranched alkanes of at least 4 members (excludes halogenated alkanes) is 1. The largest absolute Gasteiger partial charge is 0.494 e. The van der Waals surface area contributed by atoms with E-state index in [1.165, 1.54) is 6.07 Å². The summed E-state index contributed by atoms with van der Waals surface area (Å²) in [6.07, 6.45) is 8.26. The highest BCUT2D eigenvalue weighted by Crippen LogP contribution is 2.31. The molecule has 0 spiro atoms. The maximum absolute atomic E-state index is 13.8. The minimum atomic E-state index is -0.986. The molecule has 0 aliphatic carbocycles. The topological polar surface area (TPSA) is 88.8 Å². The van der Waals surface area contributed by atoms with Gasteiger partial charge in [0.15, 0.2) is 11.6 Å². The van der Waals surface area contributed by atoms with E-state index in [0.29, 0.717) is 55.0 Å². The summed E-state index contributed by atoms with van der Waals surface area (Å²) in [6.45, 7) is 0.211. The molecule has 0 amide bonds. The lowest BCUT2D eigenvalue weighted by molar-refractivity contribution is -0.138. The first-order valence-corrected chi connectivity index (χ1v) is 13.7. The van der Waals surface area contributed by atoms with Crippen LogP contribution in [-0.2, 0) is 29.0 Å². The molecule has 214 valence electrons. The third kappa shape index (κ3) is 8.17. The standard InChI is InChI=1S/C32H30ClF2NO5/c33-25-17-23(32-27(18-25)24(7-4-9-29(37)38)19-36(32)20-30(39)40)13-10-21-11-14-26(15-12-21)41-16-2-1-5-22-6-3-8-28(34)31(22)35/h3,6,8,10-15,17-19H,1-2,4-5,7,9,16,20H2,(H,37,38)(H,39,40). The van der Waals surface area contributed by atoms with Crippen molar-refractivity contribution < 1.29 is 33.3 Å². The number of rotatable bonds is 14. The highest BCUT2D eigenvalue weighted by Gasteiger charge is 2.15. The van der Waals surface area contributed by atoms with Gasteiger partial charge < -0.3 is 19.5 Å². The van der Waals surface area contributed by atoms with Crippen molar-refractivity contribution in [1.82, 2.24) is 4.57 Å². The van der Waals surface area contributed by atoms with Gasteiger partial charge in [-0.2, -0.15) is 0 Å². The van der Waals surface area contributed by atoms with Crippen molar-refractivity contribution in [3.05, 3.63) is 99.7 Å². The fourth-order valence-corrected chi connectivity index (χ4v) is 4.97. The Kier molecular flexibility index (Phi) is 10.1. The van der Waals surface area contributed by atoms with Gasteiger partial charge in [0.1, 0.15) is 12.3 Å². The summed E-state index contributed by atoms with van der Waals surface area (Å²) in [7, 11) is 0. The predicted molar refractivity (Wildman–Crippen MR) is 155 cm³/mol. The Morgan fingerprint density at radius 1 is 0.902 bits per heavy atom. The third-order valence-corrected chi connectivity index (χ3v) is 6.89. The average molecular weight is 582 g/mol. The number of carbonyl (C=O) groups is 2. The summed E-state index contributed by atoms with van der Waals surface area (Å²) < 4.78 is 34.5. The molecule has 41 heavy (non-hydrogen) atoms. The van der Waals surface area contributed by atoms with E-state index < -0.39 is 23.6 Å². The quantitative estimate of drug-likeness (QED) is 0.118. The molecule has 1 heterocycles. The molecule has 9 heteroatoms. The van der Waals surface area contributed by atoms with Crippen molar-refractivity contribution >= 4 is 46.6 Å². The van der Waals surface area contributed by atoms with Gasteiger partial charge in [-0.3, -0.25) is 9.59 Å². The van der Waals surface area contributed by atoms with E-state index >= 15 is 0 Å². The molecular weight excluding hydrogens is 552 g/mol. The number of carboxylic acids is 2. The average Bonchev–Trinajstić information content (AvgIpc) is 3.26. The molecule has 0 saturated heterocycles. The molecule has 0 atom stereocenters. The molecule has 4 rings (SSSR count). The lowest BCUT2D eigenvalue weighted by Gasteiger charge is -2.08. The fourth-order valence-electron chi connectivity index (χ4n) is 4.74. The molecule has 6 nitrogen and oxygen atoms in total. The van der Waals surface area contributed by atoms with Gasteiger partial charge in [-0.15, -0.1) is 0 Å². The molecule has 0 aliphatic rings. The highest BCUT2D eigenvalue weighted by molar-refractivity contribution is 6.31. The first kappa shape index (κ1) is 29.8. The van der Waals surface area contributed by atoms with Crippen LogP contribution >= 0.6 is 11.6 Å². The molecule has 0 radical (unpaired) electrons. The second kappa shape index (κ2) is 13.9.